The number of hydrogen-bond donors (Lipinski definition) is 1. The van der Waals surface area contributed by atoms with Gasteiger partial charge in [-0.25, -0.2) is 5.43 Å². The van der Waals surface area contributed by atoms with Crippen molar-refractivity contribution < 1.29 is 9.53 Å². The minimum Gasteiger partial charge on any atom is -0.490 e. The Kier molecular flexibility index (Phi) is 5.53. The van der Waals surface area contributed by atoms with Crippen LogP contribution in [0.15, 0.2) is 35.4 Å². The summed E-state index contributed by atoms with van der Waals surface area (Å²) in [5.41, 5.74) is 4.80. The number of aryl methyl sites for hydroxylation is 1. The highest BCUT2D eigenvalue weighted by Crippen LogP contribution is 2.32. The van der Waals surface area contributed by atoms with E-state index in [4.69, 9.17) is 4.74 Å². The number of amides is 1. The molecule has 2 aromatic rings. The van der Waals surface area contributed by atoms with Crippen LogP contribution in [0.4, 0.5) is 0 Å². The molecule has 0 aliphatic heterocycles. The van der Waals surface area contributed by atoms with E-state index in [1.54, 1.807) is 17.6 Å². The third kappa shape index (κ3) is 4.48. The fourth-order valence-corrected chi connectivity index (χ4v) is 4.08. The Hall–Kier alpha value is -2.14. The molecule has 1 heterocycles. The van der Waals surface area contributed by atoms with Gasteiger partial charge in [0.05, 0.1) is 17.2 Å². The molecule has 5 heteroatoms. The number of nitrogens with one attached hydrogen (secondary N) is 1. The minimum atomic E-state index is -0.148. The van der Waals surface area contributed by atoms with Crippen molar-refractivity contribution in [2.45, 2.75) is 46.1 Å². The molecule has 25 heavy (non-hydrogen) atoms. The summed E-state index contributed by atoms with van der Waals surface area (Å²) < 4.78 is 5.75. The summed E-state index contributed by atoms with van der Waals surface area (Å²) in [7, 11) is 0. The van der Waals surface area contributed by atoms with Gasteiger partial charge in [0.25, 0.3) is 5.91 Å². The molecule has 0 saturated heterocycles. The number of hydrazone groups is 1. The molecule has 1 aromatic carbocycles. The second-order valence-corrected chi connectivity index (χ2v) is 7.95. The van der Waals surface area contributed by atoms with Crippen LogP contribution in [0.5, 0.6) is 5.75 Å². The molecular formula is C20H24N2O2S. The Morgan fingerprint density at radius 1 is 1.40 bits per heavy atom. The van der Waals surface area contributed by atoms with Crippen molar-refractivity contribution >= 4 is 23.5 Å². The van der Waals surface area contributed by atoms with Crippen LogP contribution in [0.1, 0.15) is 52.9 Å². The van der Waals surface area contributed by atoms with Gasteiger partial charge >= 0.3 is 0 Å². The summed E-state index contributed by atoms with van der Waals surface area (Å²) in [4.78, 5) is 14.4. The highest BCUT2D eigenvalue weighted by atomic mass is 32.1. The van der Waals surface area contributed by atoms with Gasteiger partial charge in [-0.1, -0.05) is 19.1 Å². The van der Waals surface area contributed by atoms with Crippen molar-refractivity contribution in [1.82, 2.24) is 5.43 Å². The van der Waals surface area contributed by atoms with Crippen molar-refractivity contribution in [2.24, 2.45) is 11.0 Å². The second-order valence-electron chi connectivity index (χ2n) is 6.81. The molecule has 0 radical (unpaired) electrons. The molecule has 0 unspecified atom stereocenters. The Morgan fingerprint density at radius 2 is 2.20 bits per heavy atom. The number of carbonyl (C=O) groups excluding carboxylic acids is 1. The standard InChI is InChI=1S/C20H24N2O2S/c1-13(2)24-17-7-5-4-6-15(17)12-21-22-20(23)19-11-16-10-14(3)8-9-18(16)25-19/h4-7,11-14H,8-10H2,1-3H3,(H,22,23)/b21-12-/t14-/m1/s1. The lowest BCUT2D eigenvalue weighted by atomic mass is 9.90. The highest BCUT2D eigenvalue weighted by Gasteiger charge is 2.20. The van der Waals surface area contributed by atoms with Crippen LogP contribution in [0.3, 0.4) is 0 Å². The molecule has 132 valence electrons. The molecule has 0 fully saturated rings. The van der Waals surface area contributed by atoms with E-state index in [1.807, 2.05) is 44.2 Å². The van der Waals surface area contributed by atoms with Gasteiger partial charge in [-0.15, -0.1) is 11.3 Å². The van der Waals surface area contributed by atoms with E-state index >= 15 is 0 Å². The third-order valence-electron chi connectivity index (χ3n) is 4.20. The van der Waals surface area contributed by atoms with E-state index in [0.717, 1.165) is 29.0 Å². The Bertz CT molecular complexity index is 780. The number of para-hydroxylation sites is 1. The highest BCUT2D eigenvalue weighted by molar-refractivity contribution is 7.14. The van der Waals surface area contributed by atoms with Crippen molar-refractivity contribution in [2.75, 3.05) is 0 Å². The number of benzene rings is 1. The summed E-state index contributed by atoms with van der Waals surface area (Å²) in [5, 5.41) is 4.11. The lowest BCUT2D eigenvalue weighted by Gasteiger charge is -2.16. The molecule has 1 N–H and O–H groups in total. The van der Waals surface area contributed by atoms with Crippen molar-refractivity contribution in [3.8, 4) is 5.75 Å². The van der Waals surface area contributed by atoms with Gasteiger partial charge in [0.1, 0.15) is 5.75 Å². The fraction of sp³-hybridized carbons (Fsp3) is 0.400. The van der Waals surface area contributed by atoms with Gasteiger partial charge in [0, 0.05) is 10.4 Å². The van der Waals surface area contributed by atoms with Gasteiger partial charge in [-0.3, -0.25) is 4.79 Å². The summed E-state index contributed by atoms with van der Waals surface area (Å²) >= 11 is 1.59. The minimum absolute atomic E-state index is 0.0870. The molecule has 1 aliphatic rings. The van der Waals surface area contributed by atoms with Gasteiger partial charge < -0.3 is 4.74 Å². The lowest BCUT2D eigenvalue weighted by Crippen LogP contribution is -2.16. The van der Waals surface area contributed by atoms with E-state index in [2.05, 4.69) is 17.5 Å². The number of carbonyl (C=O) groups is 1. The van der Waals surface area contributed by atoms with Gasteiger partial charge in [0.2, 0.25) is 0 Å². The van der Waals surface area contributed by atoms with Crippen molar-refractivity contribution in [1.29, 1.82) is 0 Å². The zero-order chi connectivity index (χ0) is 17.8. The summed E-state index contributed by atoms with van der Waals surface area (Å²) in [6.07, 6.45) is 5.08. The number of fused-ring (bicyclic) bond motifs is 1. The zero-order valence-electron chi connectivity index (χ0n) is 14.9. The average Bonchev–Trinajstić information content (AvgIpc) is 2.99. The van der Waals surface area contributed by atoms with E-state index in [1.165, 1.54) is 16.9 Å². The summed E-state index contributed by atoms with van der Waals surface area (Å²) in [5.74, 6) is 1.31. The van der Waals surface area contributed by atoms with Crippen LogP contribution < -0.4 is 10.2 Å². The smallest absolute Gasteiger partial charge is 0.281 e. The molecule has 1 aliphatic carbocycles. The van der Waals surface area contributed by atoms with Crippen LogP contribution in [0.2, 0.25) is 0 Å². The first-order chi connectivity index (χ1) is 12.0. The SMILES string of the molecule is CC(C)Oc1ccccc1/C=N\NC(=O)c1cc2c(s1)CC[C@@H](C)C2. The molecule has 0 bridgehead atoms. The molecule has 1 atom stereocenters. The van der Waals surface area contributed by atoms with Crippen LogP contribution in [0, 0.1) is 5.92 Å². The predicted molar refractivity (Wildman–Crippen MR) is 103 cm³/mol. The molecule has 0 spiro atoms. The summed E-state index contributed by atoms with van der Waals surface area (Å²) in [6, 6.07) is 9.68. The molecule has 1 amide bonds. The Labute approximate surface area is 152 Å². The van der Waals surface area contributed by atoms with Crippen LogP contribution in [0.25, 0.3) is 0 Å². The first-order valence-corrected chi connectivity index (χ1v) is 9.55. The maximum Gasteiger partial charge on any atom is 0.281 e. The van der Waals surface area contributed by atoms with E-state index < -0.39 is 0 Å². The first kappa shape index (κ1) is 17.7. The molecule has 4 nitrogen and oxygen atoms in total. The number of nitrogens with zero attached hydrogens (tertiary/aromatic N) is 1. The largest absolute Gasteiger partial charge is 0.490 e. The maximum absolute atomic E-state index is 12.4. The topological polar surface area (TPSA) is 50.7 Å². The number of hydrogen-bond acceptors (Lipinski definition) is 4. The third-order valence-corrected chi connectivity index (χ3v) is 5.44. The molecular weight excluding hydrogens is 332 g/mol. The van der Waals surface area contributed by atoms with Gasteiger partial charge in [-0.05, 0) is 62.8 Å². The molecule has 1 aromatic heterocycles. The summed E-state index contributed by atoms with van der Waals surface area (Å²) in [6.45, 7) is 6.23. The van der Waals surface area contributed by atoms with Crippen LogP contribution in [-0.2, 0) is 12.8 Å². The lowest BCUT2D eigenvalue weighted by molar-refractivity contribution is 0.0959. The van der Waals surface area contributed by atoms with E-state index in [-0.39, 0.29) is 12.0 Å². The van der Waals surface area contributed by atoms with E-state index in [9.17, 15) is 4.79 Å². The number of rotatable bonds is 5. The molecule has 0 saturated carbocycles. The van der Waals surface area contributed by atoms with Crippen LogP contribution in [-0.4, -0.2) is 18.2 Å². The number of ether oxygens (including phenoxy) is 1. The fourth-order valence-electron chi connectivity index (χ4n) is 2.98. The van der Waals surface area contributed by atoms with Gasteiger partial charge in [0.15, 0.2) is 0 Å². The average molecular weight is 356 g/mol. The van der Waals surface area contributed by atoms with Crippen molar-refractivity contribution in [3.05, 3.63) is 51.2 Å². The maximum atomic E-state index is 12.4. The zero-order valence-corrected chi connectivity index (χ0v) is 15.7. The van der Waals surface area contributed by atoms with E-state index in [0.29, 0.717) is 5.92 Å². The monoisotopic (exact) mass is 356 g/mol. The first-order valence-electron chi connectivity index (χ1n) is 8.73. The quantitative estimate of drug-likeness (QED) is 0.637. The predicted octanol–water partition coefficient (Wildman–Crippen LogP) is 4.42. The second kappa shape index (κ2) is 7.83. The molecule has 3 rings (SSSR count). The van der Waals surface area contributed by atoms with Crippen molar-refractivity contribution in [3.63, 3.8) is 0 Å². The Balaban J connectivity index is 1.66. The Morgan fingerprint density at radius 3 is 3.00 bits per heavy atom. The normalized spacial score (nSPS) is 16.9. The number of thiophene rings is 1. The van der Waals surface area contributed by atoms with Gasteiger partial charge in [-0.2, -0.15) is 5.10 Å². The van der Waals surface area contributed by atoms with Crippen LogP contribution >= 0.6 is 11.3 Å².